The molecule has 22 heavy (non-hydrogen) atoms. The third-order valence-electron chi connectivity index (χ3n) is 4.33. The van der Waals surface area contributed by atoms with Crippen molar-refractivity contribution in [2.45, 2.75) is 25.8 Å². The van der Waals surface area contributed by atoms with Crippen LogP contribution in [0, 0.1) is 0 Å². The second kappa shape index (κ2) is 6.80. The van der Waals surface area contributed by atoms with E-state index in [1.807, 2.05) is 13.0 Å². The van der Waals surface area contributed by atoms with E-state index in [9.17, 15) is 5.11 Å². The number of aliphatic hydroxyl groups excluding tert-OH is 1. The van der Waals surface area contributed by atoms with Crippen LogP contribution >= 0.6 is 0 Å². The van der Waals surface area contributed by atoms with Crippen LogP contribution < -0.4 is 4.90 Å². The van der Waals surface area contributed by atoms with Gasteiger partial charge < -0.3 is 10.0 Å². The summed E-state index contributed by atoms with van der Waals surface area (Å²) in [6.45, 7) is 3.17. The van der Waals surface area contributed by atoms with Gasteiger partial charge in [0.05, 0.1) is 6.04 Å². The average molecular weight is 293 g/mol. The van der Waals surface area contributed by atoms with Crippen LogP contribution in [-0.4, -0.2) is 24.3 Å². The van der Waals surface area contributed by atoms with Gasteiger partial charge in [0, 0.05) is 18.8 Å². The highest BCUT2D eigenvalue weighted by Crippen LogP contribution is 2.37. The number of rotatable bonds is 5. The molecule has 1 heterocycles. The highest BCUT2D eigenvalue weighted by atomic mass is 16.3. The second-order valence-corrected chi connectivity index (χ2v) is 5.74. The zero-order valence-electron chi connectivity index (χ0n) is 13.1. The fourth-order valence-electron chi connectivity index (χ4n) is 3.31. The molecule has 2 aromatic carbocycles. The lowest BCUT2D eigenvalue weighted by Crippen LogP contribution is -2.31. The molecule has 1 N–H and O–H groups in total. The van der Waals surface area contributed by atoms with E-state index in [2.05, 4.69) is 59.5 Å². The smallest absolute Gasteiger partial charge is 0.0517 e. The van der Waals surface area contributed by atoms with Gasteiger partial charge in [0.25, 0.3) is 0 Å². The molecular weight excluding hydrogens is 270 g/mol. The molecule has 0 fully saturated rings. The first-order valence-corrected chi connectivity index (χ1v) is 8.02. The van der Waals surface area contributed by atoms with E-state index in [0.717, 1.165) is 19.4 Å². The van der Waals surface area contributed by atoms with E-state index in [4.69, 9.17) is 0 Å². The lowest BCUT2D eigenvalue weighted by molar-refractivity contribution is 0.289. The summed E-state index contributed by atoms with van der Waals surface area (Å²) in [5, 5.41) is 11.9. The molecule has 0 bridgehead atoms. The Labute approximate surface area is 132 Å². The van der Waals surface area contributed by atoms with Gasteiger partial charge >= 0.3 is 0 Å². The van der Waals surface area contributed by atoms with Gasteiger partial charge in [-0.2, -0.15) is 0 Å². The average Bonchev–Trinajstić information content (AvgIpc) is 2.91. The normalized spacial score (nSPS) is 17.9. The molecule has 0 saturated heterocycles. The Balaban J connectivity index is 2.00. The number of nitrogens with zero attached hydrogens (tertiary/aromatic N) is 1. The van der Waals surface area contributed by atoms with E-state index < -0.39 is 0 Å². The van der Waals surface area contributed by atoms with Crippen LogP contribution in [0.25, 0.3) is 10.8 Å². The minimum atomic E-state index is 0.241. The Bertz CT molecular complexity index is 702. The molecule has 1 unspecified atom stereocenters. The van der Waals surface area contributed by atoms with Crippen molar-refractivity contribution in [2.75, 3.05) is 18.1 Å². The van der Waals surface area contributed by atoms with Crippen molar-refractivity contribution in [2.24, 2.45) is 0 Å². The summed E-state index contributed by atoms with van der Waals surface area (Å²) in [6, 6.07) is 13.4. The van der Waals surface area contributed by atoms with Crippen molar-refractivity contribution in [3.05, 3.63) is 66.3 Å². The molecule has 1 aliphatic heterocycles. The number of hydrogen-bond donors (Lipinski definition) is 1. The van der Waals surface area contributed by atoms with Crippen LogP contribution in [0.15, 0.2) is 60.7 Å². The van der Waals surface area contributed by atoms with E-state index in [0.29, 0.717) is 6.04 Å². The quantitative estimate of drug-likeness (QED) is 0.839. The number of hydrogen-bond acceptors (Lipinski definition) is 2. The van der Waals surface area contributed by atoms with Crippen LogP contribution in [0.1, 0.15) is 18.9 Å². The Hall–Kier alpha value is -2.06. The molecule has 0 aliphatic carbocycles. The van der Waals surface area contributed by atoms with Crippen molar-refractivity contribution in [1.82, 2.24) is 0 Å². The summed E-state index contributed by atoms with van der Waals surface area (Å²) in [6.07, 6.45) is 10.4. The fraction of sp³-hybridized carbons (Fsp3) is 0.300. The van der Waals surface area contributed by atoms with Crippen molar-refractivity contribution in [1.29, 1.82) is 0 Å². The summed E-state index contributed by atoms with van der Waals surface area (Å²) in [5.74, 6) is 0. The Morgan fingerprint density at radius 1 is 1.18 bits per heavy atom. The monoisotopic (exact) mass is 293 g/mol. The van der Waals surface area contributed by atoms with Crippen LogP contribution in [0.4, 0.5) is 5.69 Å². The number of benzene rings is 2. The van der Waals surface area contributed by atoms with Gasteiger partial charge in [-0.15, -0.1) is 0 Å². The first kappa shape index (κ1) is 14.9. The number of aliphatic hydroxyl groups is 1. The molecule has 0 saturated carbocycles. The molecule has 0 amide bonds. The zero-order chi connectivity index (χ0) is 15.4. The summed E-state index contributed by atoms with van der Waals surface area (Å²) in [4.78, 5) is 2.43. The largest absolute Gasteiger partial charge is 0.396 e. The van der Waals surface area contributed by atoms with Crippen molar-refractivity contribution >= 4 is 16.5 Å². The Morgan fingerprint density at radius 3 is 2.86 bits per heavy atom. The van der Waals surface area contributed by atoms with E-state index in [-0.39, 0.29) is 6.61 Å². The number of fused-ring (bicyclic) bond motifs is 3. The van der Waals surface area contributed by atoms with Gasteiger partial charge in [-0.1, -0.05) is 54.6 Å². The second-order valence-electron chi connectivity index (χ2n) is 5.74. The van der Waals surface area contributed by atoms with Crippen LogP contribution in [-0.2, 0) is 6.42 Å². The molecule has 3 rings (SSSR count). The van der Waals surface area contributed by atoms with Gasteiger partial charge in [0.15, 0.2) is 0 Å². The van der Waals surface area contributed by atoms with Crippen molar-refractivity contribution in [3.8, 4) is 0 Å². The highest BCUT2D eigenvalue weighted by Gasteiger charge is 2.28. The van der Waals surface area contributed by atoms with E-state index >= 15 is 0 Å². The maximum absolute atomic E-state index is 9.19. The summed E-state index contributed by atoms with van der Waals surface area (Å²) >= 11 is 0. The predicted octanol–water partition coefficient (Wildman–Crippen LogP) is 4.09. The standard InChI is InChI=1S/C20H23NO/c1-2-3-4-9-17-15-19-18-10-6-5-8-16(18)11-12-20(19)21(17)13-7-14-22/h2-6,8-12,17,22H,7,13-15H2,1H3/b3-2+,9-4+. The summed E-state index contributed by atoms with van der Waals surface area (Å²) < 4.78 is 0. The molecule has 114 valence electrons. The maximum Gasteiger partial charge on any atom is 0.0517 e. The van der Waals surface area contributed by atoms with Crippen molar-refractivity contribution in [3.63, 3.8) is 0 Å². The van der Waals surface area contributed by atoms with Gasteiger partial charge in [0.1, 0.15) is 0 Å². The molecule has 2 nitrogen and oxygen atoms in total. The van der Waals surface area contributed by atoms with E-state index in [1.54, 1.807) is 0 Å². The zero-order valence-corrected chi connectivity index (χ0v) is 13.1. The van der Waals surface area contributed by atoms with Crippen LogP contribution in [0.2, 0.25) is 0 Å². The molecule has 1 aliphatic rings. The van der Waals surface area contributed by atoms with E-state index in [1.165, 1.54) is 22.0 Å². The minimum absolute atomic E-state index is 0.241. The number of allylic oxidation sites excluding steroid dienone is 3. The lowest BCUT2D eigenvalue weighted by atomic mass is 10.0. The maximum atomic E-state index is 9.19. The molecule has 2 heteroatoms. The molecule has 0 aromatic heterocycles. The highest BCUT2D eigenvalue weighted by molar-refractivity contribution is 5.91. The van der Waals surface area contributed by atoms with Crippen molar-refractivity contribution < 1.29 is 5.11 Å². The van der Waals surface area contributed by atoms with Gasteiger partial charge in [-0.05, 0) is 42.2 Å². The SMILES string of the molecule is C/C=C/C=C/C1Cc2c(ccc3ccccc23)N1CCCO. The summed E-state index contributed by atoms with van der Waals surface area (Å²) in [5.41, 5.74) is 2.76. The number of anilines is 1. The Kier molecular flexibility index (Phi) is 4.59. The molecule has 0 spiro atoms. The first-order valence-electron chi connectivity index (χ1n) is 8.02. The van der Waals surface area contributed by atoms with Gasteiger partial charge in [-0.3, -0.25) is 0 Å². The molecular formula is C20H23NO. The predicted molar refractivity (Wildman–Crippen MR) is 94.4 cm³/mol. The molecule has 2 aromatic rings. The summed E-state index contributed by atoms with van der Waals surface area (Å²) in [7, 11) is 0. The third-order valence-corrected chi connectivity index (χ3v) is 4.33. The first-order chi connectivity index (χ1) is 10.8. The molecule has 1 atom stereocenters. The van der Waals surface area contributed by atoms with Crippen LogP contribution in [0.3, 0.4) is 0 Å². The topological polar surface area (TPSA) is 23.5 Å². The molecule has 0 radical (unpaired) electrons. The van der Waals surface area contributed by atoms with Crippen LogP contribution in [0.5, 0.6) is 0 Å². The minimum Gasteiger partial charge on any atom is -0.396 e. The Morgan fingerprint density at radius 2 is 2.05 bits per heavy atom. The third kappa shape index (κ3) is 2.79. The van der Waals surface area contributed by atoms with Gasteiger partial charge in [0.2, 0.25) is 0 Å². The van der Waals surface area contributed by atoms with Gasteiger partial charge in [-0.25, -0.2) is 0 Å². The fourth-order valence-corrected chi connectivity index (χ4v) is 3.31. The lowest BCUT2D eigenvalue weighted by Gasteiger charge is -2.25.